The molecule has 3 heterocycles. The van der Waals surface area contributed by atoms with E-state index in [4.69, 9.17) is 9.47 Å². The van der Waals surface area contributed by atoms with Crippen LogP contribution >= 0.6 is 0 Å². The quantitative estimate of drug-likeness (QED) is 0.670. The average Bonchev–Trinajstić information content (AvgIpc) is 2.72. The summed E-state index contributed by atoms with van der Waals surface area (Å²) < 4.78 is 48.8. The van der Waals surface area contributed by atoms with Crippen molar-refractivity contribution in [2.24, 2.45) is 0 Å². The normalized spacial score (nSPS) is 24.6. The zero-order chi connectivity index (χ0) is 24.0. The summed E-state index contributed by atoms with van der Waals surface area (Å²) >= 11 is 0. The molecule has 178 valence electrons. The van der Waals surface area contributed by atoms with Crippen LogP contribution in [0.15, 0.2) is 18.3 Å². The van der Waals surface area contributed by atoms with E-state index in [1.807, 2.05) is 0 Å². The van der Waals surface area contributed by atoms with Gasteiger partial charge in [0.05, 0.1) is 18.5 Å². The van der Waals surface area contributed by atoms with Gasteiger partial charge in [-0.2, -0.15) is 18.2 Å². The summed E-state index contributed by atoms with van der Waals surface area (Å²) in [5.41, 5.74) is -0.674. The number of alkyl halides is 3. The van der Waals surface area contributed by atoms with Gasteiger partial charge in [-0.05, 0) is 26.0 Å². The number of likely N-dealkylation sites (N-methyl/N-ethyl adjacent to an activating group) is 1. The first-order chi connectivity index (χ1) is 15.5. The van der Waals surface area contributed by atoms with E-state index in [-0.39, 0.29) is 24.7 Å². The smallest absolute Gasteiger partial charge is 0.433 e. The van der Waals surface area contributed by atoms with E-state index in [1.165, 1.54) is 13.2 Å². The lowest BCUT2D eigenvalue weighted by atomic mass is 9.89. The molecule has 33 heavy (non-hydrogen) atoms. The van der Waals surface area contributed by atoms with Crippen LogP contribution in [0, 0.1) is 6.92 Å². The van der Waals surface area contributed by atoms with Crippen molar-refractivity contribution in [2.75, 3.05) is 36.3 Å². The fourth-order valence-electron chi connectivity index (χ4n) is 3.86. The molecular weight excluding hydrogens is 441 g/mol. The number of aromatic nitrogens is 3. The van der Waals surface area contributed by atoms with Gasteiger partial charge in [0.1, 0.15) is 28.8 Å². The fraction of sp³-hybridized carbons (Fsp3) is 0.524. The summed E-state index contributed by atoms with van der Waals surface area (Å²) in [4.78, 5) is 26.9. The minimum Gasteiger partial charge on any atom is -0.489 e. The summed E-state index contributed by atoms with van der Waals surface area (Å²) in [6.07, 6.45) is -2.27. The summed E-state index contributed by atoms with van der Waals surface area (Å²) in [6, 6.07) is 2.22. The number of hydrogen-bond donors (Lipinski definition) is 2. The van der Waals surface area contributed by atoms with Crippen molar-refractivity contribution >= 4 is 23.4 Å². The SMILES string of the molecule is COC[C@@]1(C)C(=O)Nc2c(C)nc(NC3CC(Oc4ccc(C(F)(F)F)nc4)C3)nc2N1C. The number of carbonyl (C=O) groups is 1. The van der Waals surface area contributed by atoms with Crippen LogP contribution in [-0.2, 0) is 15.7 Å². The maximum atomic E-state index is 12.6. The molecule has 0 bridgehead atoms. The Kier molecular flexibility index (Phi) is 5.81. The third kappa shape index (κ3) is 4.39. The zero-order valence-electron chi connectivity index (χ0n) is 18.7. The largest absolute Gasteiger partial charge is 0.489 e. The molecule has 4 rings (SSSR count). The van der Waals surface area contributed by atoms with Gasteiger partial charge in [0.2, 0.25) is 5.95 Å². The van der Waals surface area contributed by atoms with E-state index >= 15 is 0 Å². The van der Waals surface area contributed by atoms with Gasteiger partial charge in [0, 0.05) is 33.0 Å². The number of pyridine rings is 1. The number of hydrogen-bond acceptors (Lipinski definition) is 8. The predicted octanol–water partition coefficient (Wildman–Crippen LogP) is 3.01. The Labute approximate surface area is 188 Å². The number of amides is 1. The van der Waals surface area contributed by atoms with Gasteiger partial charge in [-0.3, -0.25) is 4.79 Å². The molecule has 1 saturated carbocycles. The molecular formula is C21H25F3N6O3. The van der Waals surface area contributed by atoms with Crippen molar-refractivity contribution < 1.29 is 27.4 Å². The lowest BCUT2D eigenvalue weighted by Gasteiger charge is -2.42. The van der Waals surface area contributed by atoms with Crippen molar-refractivity contribution in [3.05, 3.63) is 29.7 Å². The number of nitrogens with zero attached hydrogens (tertiary/aromatic N) is 4. The summed E-state index contributed by atoms with van der Waals surface area (Å²) in [5.74, 6) is 1.12. The second-order valence-corrected chi connectivity index (χ2v) is 8.48. The molecule has 2 aromatic heterocycles. The predicted molar refractivity (Wildman–Crippen MR) is 114 cm³/mol. The Morgan fingerprint density at radius 2 is 2.03 bits per heavy atom. The number of anilines is 3. The first-order valence-electron chi connectivity index (χ1n) is 10.4. The summed E-state index contributed by atoms with van der Waals surface area (Å²) in [6.45, 7) is 3.77. The van der Waals surface area contributed by atoms with E-state index < -0.39 is 17.4 Å². The number of rotatable bonds is 6. The Morgan fingerprint density at radius 1 is 1.30 bits per heavy atom. The first kappa shape index (κ1) is 23.0. The maximum Gasteiger partial charge on any atom is 0.433 e. The molecule has 1 aliphatic carbocycles. The molecule has 0 aromatic carbocycles. The van der Waals surface area contributed by atoms with E-state index in [1.54, 1.807) is 25.8 Å². The van der Waals surface area contributed by atoms with Crippen molar-refractivity contribution in [3.8, 4) is 5.75 Å². The van der Waals surface area contributed by atoms with Gasteiger partial charge >= 0.3 is 6.18 Å². The Balaban J connectivity index is 1.39. The highest BCUT2D eigenvalue weighted by Gasteiger charge is 2.44. The molecule has 1 amide bonds. The van der Waals surface area contributed by atoms with Gasteiger partial charge in [0.25, 0.3) is 5.91 Å². The molecule has 1 atom stereocenters. The number of methoxy groups -OCH3 is 1. The Hall–Kier alpha value is -3.15. The number of halogens is 3. The van der Waals surface area contributed by atoms with Crippen molar-refractivity contribution in [1.29, 1.82) is 0 Å². The molecule has 2 N–H and O–H groups in total. The van der Waals surface area contributed by atoms with Crippen LogP contribution in [0.25, 0.3) is 0 Å². The second kappa shape index (κ2) is 8.32. The van der Waals surface area contributed by atoms with E-state index in [0.717, 1.165) is 12.3 Å². The van der Waals surface area contributed by atoms with Gasteiger partial charge in [-0.25, -0.2) is 9.97 Å². The molecule has 0 spiro atoms. The molecule has 0 radical (unpaired) electrons. The topological polar surface area (TPSA) is 102 Å². The van der Waals surface area contributed by atoms with E-state index in [2.05, 4.69) is 25.6 Å². The number of ether oxygens (including phenoxy) is 2. The van der Waals surface area contributed by atoms with Gasteiger partial charge in [0.15, 0.2) is 5.82 Å². The van der Waals surface area contributed by atoms with Crippen molar-refractivity contribution in [3.63, 3.8) is 0 Å². The highest BCUT2D eigenvalue weighted by molar-refractivity contribution is 6.06. The number of aryl methyl sites for hydroxylation is 1. The van der Waals surface area contributed by atoms with E-state index in [9.17, 15) is 18.0 Å². The van der Waals surface area contributed by atoms with Crippen LogP contribution in [0.5, 0.6) is 5.75 Å². The standard InChI is InChI=1S/C21H25F3N6O3/c1-11-16-17(30(3)20(2,10-32-4)18(31)28-16)29-19(26-11)27-12-7-14(8-12)33-13-5-6-15(25-9-13)21(22,23)24/h5-6,9,12,14H,7-8,10H2,1-4H3,(H,28,31)(H,26,27,29)/t12?,14?,20-/m0/s1. The third-order valence-electron chi connectivity index (χ3n) is 6.04. The van der Waals surface area contributed by atoms with Crippen molar-refractivity contribution in [1.82, 2.24) is 15.0 Å². The number of fused-ring (bicyclic) bond motifs is 1. The van der Waals surface area contributed by atoms with Gasteiger partial charge < -0.3 is 25.0 Å². The third-order valence-corrected chi connectivity index (χ3v) is 6.04. The molecule has 9 nitrogen and oxygen atoms in total. The minimum atomic E-state index is -4.48. The molecule has 2 aromatic rings. The minimum absolute atomic E-state index is 0.0451. The summed E-state index contributed by atoms with van der Waals surface area (Å²) in [5, 5.41) is 6.15. The summed E-state index contributed by atoms with van der Waals surface area (Å²) in [7, 11) is 3.33. The molecule has 1 aliphatic heterocycles. The number of nitrogens with one attached hydrogen (secondary N) is 2. The molecule has 1 fully saturated rings. The highest BCUT2D eigenvalue weighted by atomic mass is 19.4. The van der Waals surface area contributed by atoms with Crippen molar-refractivity contribution in [2.45, 2.75) is 50.6 Å². The molecule has 0 saturated heterocycles. The Bertz CT molecular complexity index is 1040. The Morgan fingerprint density at radius 3 is 2.64 bits per heavy atom. The lowest BCUT2D eigenvalue weighted by Crippen LogP contribution is -2.59. The van der Waals surface area contributed by atoms with Crippen LogP contribution in [0.2, 0.25) is 0 Å². The van der Waals surface area contributed by atoms with Crippen LogP contribution < -0.4 is 20.3 Å². The zero-order valence-corrected chi connectivity index (χ0v) is 18.7. The maximum absolute atomic E-state index is 12.6. The average molecular weight is 466 g/mol. The fourth-order valence-corrected chi connectivity index (χ4v) is 3.86. The second-order valence-electron chi connectivity index (χ2n) is 8.48. The van der Waals surface area contributed by atoms with Gasteiger partial charge in [-0.15, -0.1) is 0 Å². The highest BCUT2D eigenvalue weighted by Crippen LogP contribution is 2.37. The van der Waals surface area contributed by atoms with Crippen LogP contribution in [0.4, 0.5) is 30.6 Å². The van der Waals surface area contributed by atoms with Crippen LogP contribution in [0.1, 0.15) is 31.2 Å². The lowest BCUT2D eigenvalue weighted by molar-refractivity contribution is -0.141. The molecule has 12 heteroatoms. The molecule has 2 aliphatic rings. The van der Waals surface area contributed by atoms with Gasteiger partial charge in [-0.1, -0.05) is 0 Å². The molecule has 0 unspecified atom stereocenters. The van der Waals surface area contributed by atoms with Crippen LogP contribution in [-0.4, -0.2) is 59.3 Å². The van der Waals surface area contributed by atoms with E-state index in [0.29, 0.717) is 41.7 Å². The monoisotopic (exact) mass is 466 g/mol. The number of carbonyl (C=O) groups excluding carboxylic acids is 1. The van der Waals surface area contributed by atoms with Crippen LogP contribution in [0.3, 0.4) is 0 Å². The first-order valence-corrected chi connectivity index (χ1v) is 10.4.